The monoisotopic (exact) mass is 319 g/mol. The van der Waals surface area contributed by atoms with Gasteiger partial charge in [0.05, 0.1) is 5.56 Å². The van der Waals surface area contributed by atoms with Gasteiger partial charge in [0.1, 0.15) is 11.5 Å². The standard InChI is InChI=1S/C21H21NO2/c1-13-8-10-17(11-9-13)20-12-18(16(4)24-20)21(23)22-19-7-5-6-14(2)15(19)3/h5-12H,1-4H3,(H,22,23). The van der Waals surface area contributed by atoms with E-state index in [2.05, 4.69) is 5.32 Å². The molecule has 3 aromatic rings. The summed E-state index contributed by atoms with van der Waals surface area (Å²) in [5.41, 5.74) is 5.77. The Kier molecular flexibility index (Phi) is 4.26. The Balaban J connectivity index is 1.88. The van der Waals surface area contributed by atoms with Crippen molar-refractivity contribution in [2.45, 2.75) is 27.7 Å². The average molecular weight is 319 g/mol. The van der Waals surface area contributed by atoms with Gasteiger partial charge >= 0.3 is 0 Å². The molecule has 0 bridgehead atoms. The van der Waals surface area contributed by atoms with Gasteiger partial charge in [-0.3, -0.25) is 4.79 Å². The van der Waals surface area contributed by atoms with Crippen LogP contribution in [-0.2, 0) is 0 Å². The highest BCUT2D eigenvalue weighted by atomic mass is 16.3. The highest BCUT2D eigenvalue weighted by molar-refractivity contribution is 6.06. The van der Waals surface area contributed by atoms with Crippen molar-refractivity contribution >= 4 is 11.6 Å². The Morgan fingerprint density at radius 1 is 0.958 bits per heavy atom. The summed E-state index contributed by atoms with van der Waals surface area (Å²) in [4.78, 5) is 12.6. The normalized spacial score (nSPS) is 10.7. The molecule has 0 spiro atoms. The van der Waals surface area contributed by atoms with Gasteiger partial charge in [-0.05, 0) is 51.0 Å². The van der Waals surface area contributed by atoms with Crippen LogP contribution in [0.25, 0.3) is 11.3 Å². The van der Waals surface area contributed by atoms with Crippen molar-refractivity contribution in [3.8, 4) is 11.3 Å². The molecule has 3 rings (SSSR count). The van der Waals surface area contributed by atoms with Gasteiger partial charge in [-0.15, -0.1) is 0 Å². The minimum absolute atomic E-state index is 0.150. The van der Waals surface area contributed by atoms with E-state index < -0.39 is 0 Å². The molecule has 1 heterocycles. The Hall–Kier alpha value is -2.81. The van der Waals surface area contributed by atoms with Gasteiger partial charge in [-0.25, -0.2) is 0 Å². The number of furan rings is 1. The van der Waals surface area contributed by atoms with Crippen LogP contribution in [0.3, 0.4) is 0 Å². The number of hydrogen-bond donors (Lipinski definition) is 1. The van der Waals surface area contributed by atoms with E-state index >= 15 is 0 Å². The summed E-state index contributed by atoms with van der Waals surface area (Å²) in [6, 6.07) is 15.8. The van der Waals surface area contributed by atoms with Crippen molar-refractivity contribution in [3.63, 3.8) is 0 Å². The second kappa shape index (κ2) is 6.36. The Bertz CT molecular complexity index is 889. The van der Waals surface area contributed by atoms with Crippen LogP contribution in [0.2, 0.25) is 0 Å². The molecule has 1 aromatic heterocycles. The highest BCUT2D eigenvalue weighted by Crippen LogP contribution is 2.27. The van der Waals surface area contributed by atoms with E-state index in [1.165, 1.54) is 5.56 Å². The highest BCUT2D eigenvalue weighted by Gasteiger charge is 2.17. The summed E-state index contributed by atoms with van der Waals surface area (Å²) in [5, 5.41) is 2.98. The predicted octanol–water partition coefficient (Wildman–Crippen LogP) is 5.43. The van der Waals surface area contributed by atoms with E-state index in [1.54, 1.807) is 6.07 Å². The molecule has 122 valence electrons. The number of nitrogens with one attached hydrogen (secondary N) is 1. The lowest BCUT2D eigenvalue weighted by atomic mass is 10.1. The Morgan fingerprint density at radius 2 is 1.67 bits per heavy atom. The maximum Gasteiger partial charge on any atom is 0.259 e. The molecule has 0 saturated carbocycles. The Morgan fingerprint density at radius 3 is 2.38 bits per heavy atom. The molecule has 24 heavy (non-hydrogen) atoms. The molecule has 0 atom stereocenters. The summed E-state index contributed by atoms with van der Waals surface area (Å²) in [6.45, 7) is 7.89. The van der Waals surface area contributed by atoms with Gasteiger partial charge in [0.15, 0.2) is 0 Å². The average Bonchev–Trinajstić information content (AvgIpc) is 2.94. The van der Waals surface area contributed by atoms with Gasteiger partial charge in [-0.1, -0.05) is 42.0 Å². The molecule has 0 radical (unpaired) electrons. The summed E-state index contributed by atoms with van der Waals surface area (Å²) >= 11 is 0. The van der Waals surface area contributed by atoms with Gasteiger partial charge in [-0.2, -0.15) is 0 Å². The molecule has 0 aliphatic carbocycles. The van der Waals surface area contributed by atoms with Gasteiger partial charge in [0.2, 0.25) is 0 Å². The number of hydrogen-bond acceptors (Lipinski definition) is 2. The quantitative estimate of drug-likeness (QED) is 0.699. The first-order valence-corrected chi connectivity index (χ1v) is 8.01. The fraction of sp³-hybridized carbons (Fsp3) is 0.190. The van der Waals surface area contributed by atoms with Crippen LogP contribution < -0.4 is 5.32 Å². The third-order valence-electron chi connectivity index (χ3n) is 4.35. The smallest absolute Gasteiger partial charge is 0.259 e. The maximum atomic E-state index is 12.6. The molecule has 3 nitrogen and oxygen atoms in total. The number of amides is 1. The third kappa shape index (κ3) is 3.11. The van der Waals surface area contributed by atoms with Crippen LogP contribution in [0.15, 0.2) is 52.9 Å². The molecule has 3 heteroatoms. The van der Waals surface area contributed by atoms with Crippen LogP contribution >= 0.6 is 0 Å². The van der Waals surface area contributed by atoms with Crippen LogP contribution in [-0.4, -0.2) is 5.91 Å². The molecule has 0 saturated heterocycles. The van der Waals surface area contributed by atoms with Crippen LogP contribution in [0.1, 0.15) is 32.8 Å². The first kappa shape index (κ1) is 16.1. The maximum absolute atomic E-state index is 12.6. The minimum Gasteiger partial charge on any atom is -0.461 e. The second-order valence-electron chi connectivity index (χ2n) is 6.15. The first-order chi connectivity index (χ1) is 11.5. The summed E-state index contributed by atoms with van der Waals surface area (Å²) in [5.74, 6) is 1.18. The van der Waals surface area contributed by atoms with Crippen molar-refractivity contribution in [1.82, 2.24) is 0 Å². The lowest BCUT2D eigenvalue weighted by Crippen LogP contribution is -2.13. The molecular formula is C21H21NO2. The molecule has 2 aromatic carbocycles. The summed E-state index contributed by atoms with van der Waals surface area (Å²) in [6.07, 6.45) is 0. The van der Waals surface area contributed by atoms with Crippen LogP contribution in [0, 0.1) is 27.7 Å². The van der Waals surface area contributed by atoms with E-state index in [-0.39, 0.29) is 5.91 Å². The fourth-order valence-electron chi connectivity index (χ4n) is 2.64. The summed E-state index contributed by atoms with van der Waals surface area (Å²) < 4.78 is 5.79. The molecule has 0 aliphatic heterocycles. The fourth-order valence-corrected chi connectivity index (χ4v) is 2.64. The zero-order valence-electron chi connectivity index (χ0n) is 14.4. The number of rotatable bonds is 3. The molecule has 1 amide bonds. The number of carbonyl (C=O) groups excluding carboxylic acids is 1. The van der Waals surface area contributed by atoms with Gasteiger partial charge in [0, 0.05) is 11.3 Å². The van der Waals surface area contributed by atoms with Crippen molar-refractivity contribution in [2.75, 3.05) is 5.32 Å². The minimum atomic E-state index is -0.150. The molecule has 0 unspecified atom stereocenters. The van der Waals surface area contributed by atoms with Crippen molar-refractivity contribution in [1.29, 1.82) is 0 Å². The summed E-state index contributed by atoms with van der Waals surface area (Å²) in [7, 11) is 0. The molecule has 0 aliphatic rings. The first-order valence-electron chi connectivity index (χ1n) is 8.01. The predicted molar refractivity (Wildman–Crippen MR) is 97.5 cm³/mol. The molecule has 0 fully saturated rings. The molecule has 1 N–H and O–H groups in total. The number of anilines is 1. The Labute approximate surface area is 142 Å². The lowest BCUT2D eigenvalue weighted by molar-refractivity contribution is 0.102. The third-order valence-corrected chi connectivity index (χ3v) is 4.35. The zero-order valence-corrected chi connectivity index (χ0v) is 14.4. The van der Waals surface area contributed by atoms with E-state index in [1.807, 2.05) is 70.2 Å². The second-order valence-corrected chi connectivity index (χ2v) is 6.15. The van der Waals surface area contributed by atoms with Gasteiger partial charge in [0.25, 0.3) is 5.91 Å². The largest absolute Gasteiger partial charge is 0.461 e. The van der Waals surface area contributed by atoms with E-state index in [0.29, 0.717) is 17.1 Å². The number of benzene rings is 2. The molecular weight excluding hydrogens is 298 g/mol. The lowest BCUT2D eigenvalue weighted by Gasteiger charge is -2.09. The number of aryl methyl sites for hydroxylation is 3. The van der Waals surface area contributed by atoms with Gasteiger partial charge < -0.3 is 9.73 Å². The van der Waals surface area contributed by atoms with Crippen LogP contribution in [0.5, 0.6) is 0 Å². The van der Waals surface area contributed by atoms with Crippen LogP contribution in [0.4, 0.5) is 5.69 Å². The topological polar surface area (TPSA) is 42.2 Å². The van der Waals surface area contributed by atoms with E-state index in [4.69, 9.17) is 4.42 Å². The van der Waals surface area contributed by atoms with Crippen molar-refractivity contribution < 1.29 is 9.21 Å². The van der Waals surface area contributed by atoms with Crippen molar-refractivity contribution in [2.24, 2.45) is 0 Å². The zero-order chi connectivity index (χ0) is 17.3. The van der Waals surface area contributed by atoms with Crippen molar-refractivity contribution in [3.05, 3.63) is 76.5 Å². The SMILES string of the molecule is Cc1ccc(-c2cc(C(=O)Nc3cccc(C)c3C)c(C)o2)cc1. The van der Waals surface area contributed by atoms with E-state index in [0.717, 1.165) is 22.4 Å². The number of carbonyl (C=O) groups is 1. The van der Waals surface area contributed by atoms with E-state index in [9.17, 15) is 4.79 Å².